The quantitative estimate of drug-likeness (QED) is 0.419. The number of carbonyl (C=O) groups excluding carboxylic acids is 3. The van der Waals surface area contributed by atoms with Crippen LogP contribution in [0.1, 0.15) is 48.5 Å². The average molecular weight is 415 g/mol. The molecule has 4 N–H and O–H groups in total. The summed E-state index contributed by atoms with van der Waals surface area (Å²) in [6.07, 6.45) is 2.66. The second-order valence-corrected chi connectivity index (χ2v) is 8.22. The summed E-state index contributed by atoms with van der Waals surface area (Å²) >= 11 is 0. The number of fused-ring (bicyclic) bond motifs is 1. The number of benzene rings is 1. The van der Waals surface area contributed by atoms with Crippen molar-refractivity contribution in [1.29, 1.82) is 0 Å². The van der Waals surface area contributed by atoms with Crippen LogP contribution in [0.15, 0.2) is 18.2 Å². The van der Waals surface area contributed by atoms with Crippen molar-refractivity contribution in [2.75, 3.05) is 26.2 Å². The van der Waals surface area contributed by atoms with Gasteiger partial charge in [0.1, 0.15) is 11.5 Å². The number of nitrogens with two attached hydrogens (primary N) is 1. The minimum Gasteiger partial charge on any atom is -0.535 e. The summed E-state index contributed by atoms with van der Waals surface area (Å²) in [6.45, 7) is 3.62. The number of piperidine rings is 1. The molecule has 1 amide bonds. The Hall–Kier alpha value is -2.23. The van der Waals surface area contributed by atoms with Gasteiger partial charge in [0.05, 0.1) is 12.1 Å². The summed E-state index contributed by atoms with van der Waals surface area (Å²) in [5, 5.41) is 13.4. The molecule has 0 spiro atoms. The minimum atomic E-state index is -1.11. The van der Waals surface area contributed by atoms with E-state index in [1.165, 1.54) is 6.92 Å². The van der Waals surface area contributed by atoms with Gasteiger partial charge in [-0.05, 0) is 37.8 Å². The number of Topliss-reactive ketones (excluding diaryl/α,β-unsaturated/α-hetero) is 2. The van der Waals surface area contributed by atoms with E-state index in [2.05, 4.69) is 10.2 Å². The third-order valence-corrected chi connectivity index (χ3v) is 5.81. The first-order valence-electron chi connectivity index (χ1n) is 10.6. The van der Waals surface area contributed by atoms with E-state index in [-0.39, 0.29) is 35.8 Å². The van der Waals surface area contributed by atoms with E-state index in [1.54, 1.807) is 12.1 Å². The summed E-state index contributed by atoms with van der Waals surface area (Å²) in [7, 11) is -1.11. The molecule has 8 nitrogen and oxygen atoms in total. The van der Waals surface area contributed by atoms with Crippen LogP contribution in [-0.2, 0) is 16.0 Å². The van der Waals surface area contributed by atoms with Crippen LogP contribution in [0.4, 0.5) is 0 Å². The fourth-order valence-electron chi connectivity index (χ4n) is 4.21. The molecule has 0 aliphatic carbocycles. The van der Waals surface area contributed by atoms with Crippen molar-refractivity contribution >= 4 is 24.6 Å². The summed E-state index contributed by atoms with van der Waals surface area (Å²) in [5.74, 6) is 0.0161. The molecule has 2 aliphatic heterocycles. The maximum Gasteiger partial charge on any atom is 0.526 e. The fraction of sp³-hybridized carbons (Fsp3) is 0.571. The predicted molar refractivity (Wildman–Crippen MR) is 113 cm³/mol. The summed E-state index contributed by atoms with van der Waals surface area (Å²) in [4.78, 5) is 38.1. The predicted octanol–water partition coefficient (Wildman–Crippen LogP) is 0.563. The van der Waals surface area contributed by atoms with E-state index in [4.69, 9.17) is 10.4 Å². The Morgan fingerprint density at radius 3 is 2.70 bits per heavy atom. The molecule has 162 valence electrons. The van der Waals surface area contributed by atoms with Crippen molar-refractivity contribution in [2.45, 2.75) is 50.9 Å². The van der Waals surface area contributed by atoms with Gasteiger partial charge in [0, 0.05) is 44.3 Å². The van der Waals surface area contributed by atoms with Crippen LogP contribution in [0.2, 0.25) is 5.82 Å². The van der Waals surface area contributed by atoms with E-state index in [0.29, 0.717) is 37.2 Å². The normalized spacial score (nSPS) is 19.7. The van der Waals surface area contributed by atoms with E-state index >= 15 is 0 Å². The van der Waals surface area contributed by atoms with E-state index in [1.807, 2.05) is 6.07 Å². The van der Waals surface area contributed by atoms with Crippen LogP contribution in [0.3, 0.4) is 0 Å². The molecular weight excluding hydrogens is 385 g/mol. The SMILES string of the molecule is CC(=O)c1cccc2c1OB(O)[C@@H](CC(=O)CN1CCC(NC(=O)CCN)CC1)C2. The molecule has 0 saturated carbocycles. The lowest BCUT2D eigenvalue weighted by atomic mass is 9.64. The van der Waals surface area contributed by atoms with Crippen molar-refractivity contribution in [3.63, 3.8) is 0 Å². The molecule has 1 aromatic rings. The fourth-order valence-corrected chi connectivity index (χ4v) is 4.21. The van der Waals surface area contributed by atoms with Crippen molar-refractivity contribution in [3.8, 4) is 5.75 Å². The topological polar surface area (TPSA) is 122 Å². The van der Waals surface area contributed by atoms with Gasteiger partial charge in [-0.1, -0.05) is 12.1 Å². The van der Waals surface area contributed by atoms with Gasteiger partial charge in [-0.15, -0.1) is 0 Å². The van der Waals surface area contributed by atoms with E-state index < -0.39 is 7.12 Å². The Morgan fingerprint density at radius 2 is 2.03 bits per heavy atom. The Bertz CT molecular complexity index is 795. The third kappa shape index (κ3) is 5.68. The lowest BCUT2D eigenvalue weighted by molar-refractivity contribution is -0.123. The zero-order chi connectivity index (χ0) is 21.7. The van der Waals surface area contributed by atoms with E-state index in [9.17, 15) is 19.4 Å². The number of nitrogens with one attached hydrogen (secondary N) is 1. The number of hydrogen-bond acceptors (Lipinski definition) is 7. The first-order valence-corrected chi connectivity index (χ1v) is 10.6. The number of hydrogen-bond donors (Lipinski definition) is 3. The summed E-state index contributed by atoms with van der Waals surface area (Å²) in [5.41, 5.74) is 6.70. The minimum absolute atomic E-state index is 0.0217. The maximum absolute atomic E-state index is 12.6. The number of likely N-dealkylation sites (tertiary alicyclic amines) is 1. The van der Waals surface area contributed by atoms with E-state index in [0.717, 1.165) is 31.5 Å². The third-order valence-electron chi connectivity index (χ3n) is 5.81. The second-order valence-electron chi connectivity index (χ2n) is 8.22. The van der Waals surface area contributed by atoms with Gasteiger partial charge in [0.2, 0.25) is 5.91 Å². The number of amides is 1. The van der Waals surface area contributed by atoms with Crippen LogP contribution in [0.25, 0.3) is 0 Å². The Kier molecular flexibility index (Phi) is 7.63. The lowest BCUT2D eigenvalue weighted by Gasteiger charge is -2.32. The molecule has 2 heterocycles. The number of para-hydroxylation sites is 1. The van der Waals surface area contributed by atoms with Gasteiger partial charge in [0.15, 0.2) is 5.78 Å². The van der Waals surface area contributed by atoms with Gasteiger partial charge in [-0.3, -0.25) is 19.3 Å². The number of rotatable bonds is 8. The highest BCUT2D eigenvalue weighted by Crippen LogP contribution is 2.36. The maximum atomic E-state index is 12.6. The largest absolute Gasteiger partial charge is 0.535 e. The van der Waals surface area contributed by atoms with Crippen LogP contribution in [0, 0.1) is 0 Å². The zero-order valence-corrected chi connectivity index (χ0v) is 17.4. The molecule has 0 bridgehead atoms. The van der Waals surface area contributed by atoms with Crippen LogP contribution in [0.5, 0.6) is 5.75 Å². The van der Waals surface area contributed by atoms with Gasteiger partial charge in [0.25, 0.3) is 0 Å². The highest BCUT2D eigenvalue weighted by molar-refractivity contribution is 6.47. The molecule has 0 unspecified atom stereocenters. The summed E-state index contributed by atoms with van der Waals surface area (Å²) in [6, 6.07) is 5.48. The monoisotopic (exact) mass is 415 g/mol. The lowest BCUT2D eigenvalue weighted by Crippen LogP contribution is -2.46. The van der Waals surface area contributed by atoms with Crippen LogP contribution in [-0.4, -0.2) is 66.7 Å². The second kappa shape index (κ2) is 10.2. The van der Waals surface area contributed by atoms with Crippen molar-refractivity contribution in [1.82, 2.24) is 10.2 Å². The molecule has 1 atom stereocenters. The molecule has 1 aromatic carbocycles. The van der Waals surface area contributed by atoms with Gasteiger partial charge in [-0.2, -0.15) is 0 Å². The Morgan fingerprint density at radius 1 is 1.30 bits per heavy atom. The molecule has 9 heteroatoms. The molecular formula is C21H30BN3O5. The molecule has 0 radical (unpaired) electrons. The first kappa shape index (κ1) is 22.5. The average Bonchev–Trinajstić information content (AvgIpc) is 2.69. The zero-order valence-electron chi connectivity index (χ0n) is 17.4. The first-order chi connectivity index (χ1) is 14.4. The van der Waals surface area contributed by atoms with Crippen molar-refractivity contribution < 1.29 is 24.1 Å². The van der Waals surface area contributed by atoms with Crippen molar-refractivity contribution in [3.05, 3.63) is 29.3 Å². The van der Waals surface area contributed by atoms with Gasteiger partial charge < -0.3 is 20.7 Å². The molecule has 0 aromatic heterocycles. The Balaban J connectivity index is 1.48. The molecule has 2 aliphatic rings. The molecule has 1 saturated heterocycles. The molecule has 1 fully saturated rings. The number of ketones is 2. The molecule has 30 heavy (non-hydrogen) atoms. The Labute approximate surface area is 177 Å². The van der Waals surface area contributed by atoms with Crippen LogP contribution >= 0.6 is 0 Å². The number of carbonyl (C=O) groups is 3. The highest BCUT2D eigenvalue weighted by atomic mass is 16.5. The van der Waals surface area contributed by atoms with Gasteiger partial charge >= 0.3 is 7.12 Å². The highest BCUT2D eigenvalue weighted by Gasteiger charge is 2.37. The van der Waals surface area contributed by atoms with Gasteiger partial charge in [-0.25, -0.2) is 0 Å². The molecule has 3 rings (SSSR count). The standard InChI is InChI=1S/C21H30BN3O5/c1-14(26)19-4-2-3-15-11-16(22(29)30-21(15)19)12-18(27)13-25-9-6-17(7-10-25)24-20(28)5-8-23/h2-4,16-17,29H,5-13,23H2,1H3,(H,24,28)/t16-/m1/s1. The van der Waals surface area contributed by atoms with Crippen molar-refractivity contribution in [2.24, 2.45) is 5.73 Å². The van der Waals surface area contributed by atoms with Crippen LogP contribution < -0.4 is 15.7 Å². The smallest absolute Gasteiger partial charge is 0.526 e. The number of nitrogens with zero attached hydrogens (tertiary/aromatic N) is 1. The summed E-state index contributed by atoms with van der Waals surface area (Å²) < 4.78 is 5.62.